The SMILES string of the molecule is C=CCn1c(-c2ccc(Cl)cc2)nn(CN(C)CC(=O)Nc2ccccc2Cl)c1=S. The molecule has 9 heteroatoms. The molecule has 156 valence electrons. The summed E-state index contributed by atoms with van der Waals surface area (Å²) in [6.45, 7) is 4.82. The van der Waals surface area contributed by atoms with Crippen LogP contribution in [-0.2, 0) is 18.0 Å². The molecule has 0 saturated carbocycles. The molecule has 6 nitrogen and oxygen atoms in total. The van der Waals surface area contributed by atoms with Crippen molar-refractivity contribution < 1.29 is 4.79 Å². The van der Waals surface area contributed by atoms with Gasteiger partial charge in [-0.25, -0.2) is 4.68 Å². The lowest BCUT2D eigenvalue weighted by Gasteiger charge is -2.16. The number of nitrogens with zero attached hydrogens (tertiary/aromatic N) is 4. The van der Waals surface area contributed by atoms with Crippen molar-refractivity contribution in [1.29, 1.82) is 0 Å². The van der Waals surface area contributed by atoms with Crippen LogP contribution in [0.3, 0.4) is 0 Å². The van der Waals surface area contributed by atoms with Crippen LogP contribution in [0.25, 0.3) is 11.4 Å². The summed E-state index contributed by atoms with van der Waals surface area (Å²) in [5.41, 5.74) is 1.47. The van der Waals surface area contributed by atoms with E-state index in [0.29, 0.717) is 39.5 Å². The van der Waals surface area contributed by atoms with Gasteiger partial charge in [0.15, 0.2) is 10.6 Å². The van der Waals surface area contributed by atoms with Crippen molar-refractivity contribution in [1.82, 2.24) is 19.2 Å². The minimum Gasteiger partial charge on any atom is -0.324 e. The molecule has 0 aliphatic rings. The Kier molecular flexibility index (Phi) is 7.44. The number of carbonyl (C=O) groups is 1. The summed E-state index contributed by atoms with van der Waals surface area (Å²) >= 11 is 17.7. The van der Waals surface area contributed by atoms with E-state index >= 15 is 0 Å². The fourth-order valence-corrected chi connectivity index (χ4v) is 3.48. The number of nitrogens with one attached hydrogen (secondary N) is 1. The maximum absolute atomic E-state index is 12.4. The Hall–Kier alpha value is -2.45. The number of amides is 1. The molecular formula is C21H21Cl2N5OS. The van der Waals surface area contributed by atoms with Gasteiger partial charge in [-0.3, -0.25) is 14.3 Å². The molecule has 30 heavy (non-hydrogen) atoms. The summed E-state index contributed by atoms with van der Waals surface area (Å²) in [5.74, 6) is 0.533. The third-order valence-electron chi connectivity index (χ3n) is 4.27. The van der Waals surface area contributed by atoms with Crippen molar-refractivity contribution >= 4 is 47.0 Å². The van der Waals surface area contributed by atoms with Gasteiger partial charge in [-0.15, -0.1) is 6.58 Å². The lowest BCUT2D eigenvalue weighted by Crippen LogP contribution is -2.32. The monoisotopic (exact) mass is 461 g/mol. The molecule has 0 saturated heterocycles. The first-order chi connectivity index (χ1) is 14.4. The first-order valence-corrected chi connectivity index (χ1v) is 10.3. The Bertz CT molecular complexity index is 1110. The number of anilines is 1. The minimum atomic E-state index is -0.180. The number of halogens is 2. The molecule has 0 atom stereocenters. The van der Waals surface area contributed by atoms with Crippen LogP contribution in [-0.4, -0.2) is 38.7 Å². The van der Waals surface area contributed by atoms with E-state index in [1.54, 1.807) is 22.9 Å². The van der Waals surface area contributed by atoms with Gasteiger partial charge in [-0.2, -0.15) is 5.10 Å². The second kappa shape index (κ2) is 10.0. The zero-order valence-electron chi connectivity index (χ0n) is 16.4. The van der Waals surface area contributed by atoms with E-state index in [0.717, 1.165) is 5.56 Å². The number of benzene rings is 2. The summed E-state index contributed by atoms with van der Waals surface area (Å²) in [6, 6.07) is 14.5. The van der Waals surface area contributed by atoms with Gasteiger partial charge in [0, 0.05) is 17.1 Å². The lowest BCUT2D eigenvalue weighted by molar-refractivity contribution is -0.117. The third kappa shape index (κ3) is 5.37. The molecule has 0 spiro atoms. The van der Waals surface area contributed by atoms with Crippen molar-refractivity contribution in [2.45, 2.75) is 13.2 Å². The lowest BCUT2D eigenvalue weighted by atomic mass is 10.2. The first kappa shape index (κ1) is 22.2. The summed E-state index contributed by atoms with van der Waals surface area (Å²) in [5, 5.41) is 8.62. The van der Waals surface area contributed by atoms with Crippen LogP contribution in [0, 0.1) is 4.77 Å². The van der Waals surface area contributed by atoms with Gasteiger partial charge < -0.3 is 5.32 Å². The van der Waals surface area contributed by atoms with Gasteiger partial charge in [0.05, 0.1) is 23.9 Å². The molecule has 1 heterocycles. The summed E-state index contributed by atoms with van der Waals surface area (Å²) in [6.07, 6.45) is 1.77. The molecule has 1 N–H and O–H groups in total. The molecule has 1 aromatic heterocycles. The van der Waals surface area contributed by atoms with E-state index in [2.05, 4.69) is 17.0 Å². The molecule has 0 fully saturated rings. The smallest absolute Gasteiger partial charge is 0.238 e. The zero-order valence-corrected chi connectivity index (χ0v) is 18.7. The predicted octanol–water partition coefficient (Wildman–Crippen LogP) is 5.10. The maximum atomic E-state index is 12.4. The summed E-state index contributed by atoms with van der Waals surface area (Å²) in [7, 11) is 1.82. The van der Waals surface area contributed by atoms with Gasteiger partial charge in [-0.05, 0) is 55.7 Å². The molecule has 0 unspecified atom stereocenters. The van der Waals surface area contributed by atoms with E-state index in [4.69, 9.17) is 35.4 Å². The Labute approximate surface area is 190 Å². The second-order valence-electron chi connectivity index (χ2n) is 6.70. The van der Waals surface area contributed by atoms with Crippen LogP contribution >= 0.6 is 35.4 Å². The number of aromatic nitrogens is 3. The van der Waals surface area contributed by atoms with Crippen LogP contribution in [0.2, 0.25) is 10.0 Å². The quantitative estimate of drug-likeness (QED) is 0.374. The topological polar surface area (TPSA) is 55.1 Å². The van der Waals surface area contributed by atoms with E-state index in [9.17, 15) is 4.79 Å². The number of carbonyl (C=O) groups excluding carboxylic acids is 1. The Morgan fingerprint density at radius 1 is 1.23 bits per heavy atom. The van der Waals surface area contributed by atoms with E-state index in [1.165, 1.54) is 0 Å². The second-order valence-corrected chi connectivity index (χ2v) is 7.90. The fourth-order valence-electron chi connectivity index (χ4n) is 2.92. The Morgan fingerprint density at radius 3 is 2.60 bits per heavy atom. The first-order valence-electron chi connectivity index (χ1n) is 9.16. The Morgan fingerprint density at radius 2 is 1.93 bits per heavy atom. The highest BCUT2D eigenvalue weighted by molar-refractivity contribution is 7.71. The predicted molar refractivity (Wildman–Crippen MR) is 124 cm³/mol. The van der Waals surface area contributed by atoms with E-state index in [-0.39, 0.29) is 12.5 Å². The van der Waals surface area contributed by atoms with E-state index < -0.39 is 0 Å². The highest BCUT2D eigenvalue weighted by atomic mass is 35.5. The number of hydrogen-bond acceptors (Lipinski definition) is 4. The highest BCUT2D eigenvalue weighted by Gasteiger charge is 2.15. The number of para-hydroxylation sites is 1. The molecular weight excluding hydrogens is 441 g/mol. The van der Waals surface area contributed by atoms with Crippen LogP contribution < -0.4 is 5.32 Å². The molecule has 0 radical (unpaired) electrons. The average molecular weight is 462 g/mol. The third-order valence-corrected chi connectivity index (χ3v) is 5.29. The molecule has 1 amide bonds. The molecule has 0 aliphatic heterocycles. The standard InChI is InChI=1S/C21H21Cl2N5OS/c1-3-12-27-20(15-8-10-16(22)11-9-15)25-28(21(27)30)14-26(2)13-19(29)24-18-7-5-4-6-17(18)23/h3-11H,1,12-14H2,2H3,(H,24,29). The van der Waals surface area contributed by atoms with Crippen molar-refractivity contribution in [3.05, 3.63) is 76.0 Å². The van der Waals surface area contributed by atoms with E-state index in [1.807, 2.05) is 52.9 Å². The van der Waals surface area contributed by atoms with Crippen LogP contribution in [0.1, 0.15) is 0 Å². The number of allylic oxidation sites excluding steroid dienone is 1. The molecule has 2 aromatic carbocycles. The van der Waals surface area contributed by atoms with Crippen molar-refractivity contribution in [2.24, 2.45) is 0 Å². The summed E-state index contributed by atoms with van der Waals surface area (Å²) < 4.78 is 4.12. The molecule has 3 rings (SSSR count). The van der Waals surface area contributed by atoms with Gasteiger partial charge >= 0.3 is 0 Å². The number of likely N-dealkylation sites (N-methyl/N-ethyl adjacent to an activating group) is 1. The highest BCUT2D eigenvalue weighted by Crippen LogP contribution is 2.22. The van der Waals surface area contributed by atoms with Gasteiger partial charge in [0.1, 0.15) is 0 Å². The van der Waals surface area contributed by atoms with Gasteiger partial charge in [0.25, 0.3) is 0 Å². The largest absolute Gasteiger partial charge is 0.324 e. The van der Waals surface area contributed by atoms with Crippen molar-refractivity contribution in [2.75, 3.05) is 18.9 Å². The number of hydrogen-bond donors (Lipinski definition) is 1. The average Bonchev–Trinajstić information content (AvgIpc) is 3.00. The van der Waals surface area contributed by atoms with Crippen molar-refractivity contribution in [3.63, 3.8) is 0 Å². The Balaban J connectivity index is 1.75. The van der Waals surface area contributed by atoms with Crippen LogP contribution in [0.15, 0.2) is 61.2 Å². The fraction of sp³-hybridized carbons (Fsp3) is 0.190. The molecule has 3 aromatic rings. The maximum Gasteiger partial charge on any atom is 0.238 e. The normalized spacial score (nSPS) is 10.9. The van der Waals surface area contributed by atoms with Gasteiger partial charge in [-0.1, -0.05) is 41.4 Å². The van der Waals surface area contributed by atoms with Crippen molar-refractivity contribution in [3.8, 4) is 11.4 Å². The van der Waals surface area contributed by atoms with Crippen LogP contribution in [0.4, 0.5) is 5.69 Å². The summed E-state index contributed by atoms with van der Waals surface area (Å²) in [4.78, 5) is 14.2. The van der Waals surface area contributed by atoms with Crippen LogP contribution in [0.5, 0.6) is 0 Å². The zero-order chi connectivity index (χ0) is 21.7. The molecule has 0 aliphatic carbocycles. The van der Waals surface area contributed by atoms with Gasteiger partial charge in [0.2, 0.25) is 5.91 Å². The number of rotatable bonds is 8. The molecule has 0 bridgehead atoms. The minimum absolute atomic E-state index is 0.150.